The fourth-order valence-electron chi connectivity index (χ4n) is 1.86. The lowest BCUT2D eigenvalue weighted by atomic mass is 10.2. The first kappa shape index (κ1) is 14.2. The highest BCUT2D eigenvalue weighted by Crippen LogP contribution is 2.33. The summed E-state index contributed by atoms with van der Waals surface area (Å²) in [7, 11) is 1.52. The van der Waals surface area contributed by atoms with E-state index in [2.05, 4.69) is 15.6 Å². The molecule has 0 saturated heterocycles. The van der Waals surface area contributed by atoms with Crippen LogP contribution >= 0.6 is 11.3 Å². The summed E-state index contributed by atoms with van der Waals surface area (Å²) in [6, 6.07) is 2.52. The van der Waals surface area contributed by atoms with Crippen LogP contribution in [0, 0.1) is 17.0 Å². The summed E-state index contributed by atoms with van der Waals surface area (Å²) in [5, 5.41) is 17.3. The predicted molar refractivity (Wildman–Crippen MR) is 78.2 cm³/mol. The van der Waals surface area contributed by atoms with Gasteiger partial charge in [0.25, 0.3) is 5.69 Å². The first-order chi connectivity index (χ1) is 9.42. The molecular weight excluding hydrogens is 280 g/mol. The van der Waals surface area contributed by atoms with Crippen LogP contribution < -0.4 is 10.6 Å². The fourth-order valence-corrected chi connectivity index (χ4v) is 2.70. The quantitative estimate of drug-likeness (QED) is 0.664. The van der Waals surface area contributed by atoms with Crippen LogP contribution in [0.2, 0.25) is 0 Å². The molecule has 20 heavy (non-hydrogen) atoms. The summed E-state index contributed by atoms with van der Waals surface area (Å²) in [6.45, 7) is 3.48. The molecule has 0 saturated carbocycles. The Kier molecular flexibility index (Phi) is 3.84. The molecule has 0 aliphatic rings. The van der Waals surface area contributed by atoms with Gasteiger partial charge in [-0.15, -0.1) is 11.3 Å². The van der Waals surface area contributed by atoms with Crippen LogP contribution in [0.4, 0.5) is 11.4 Å². The van der Waals surface area contributed by atoms with Crippen molar-refractivity contribution in [3.8, 4) is 0 Å². The lowest BCUT2D eigenvalue weighted by Crippen LogP contribution is -2.35. The van der Waals surface area contributed by atoms with Gasteiger partial charge in [-0.1, -0.05) is 0 Å². The van der Waals surface area contributed by atoms with Crippen molar-refractivity contribution >= 4 is 38.8 Å². The Morgan fingerprint density at radius 3 is 2.80 bits per heavy atom. The molecule has 1 unspecified atom stereocenters. The molecule has 0 radical (unpaired) electrons. The SMILES string of the molecule is CNC(=O)C(C)Nc1cc2nc(C)sc2cc1[N+](=O)[O-]. The fraction of sp³-hybridized carbons (Fsp3) is 0.333. The average Bonchev–Trinajstić information content (AvgIpc) is 2.75. The monoisotopic (exact) mass is 294 g/mol. The third-order valence-electron chi connectivity index (χ3n) is 2.82. The van der Waals surface area contributed by atoms with Gasteiger partial charge in [-0.25, -0.2) is 4.98 Å². The predicted octanol–water partition coefficient (Wildman–Crippen LogP) is 2.06. The highest BCUT2D eigenvalue weighted by Gasteiger charge is 2.20. The van der Waals surface area contributed by atoms with Gasteiger partial charge in [0.15, 0.2) is 0 Å². The number of benzene rings is 1. The van der Waals surface area contributed by atoms with Gasteiger partial charge in [0.05, 0.1) is 20.1 Å². The van der Waals surface area contributed by atoms with Gasteiger partial charge in [-0.05, 0) is 19.9 Å². The molecule has 1 aromatic heterocycles. The van der Waals surface area contributed by atoms with Gasteiger partial charge < -0.3 is 10.6 Å². The molecule has 2 aromatic rings. The Balaban J connectivity index is 2.46. The van der Waals surface area contributed by atoms with Crippen LogP contribution in [0.25, 0.3) is 10.2 Å². The zero-order valence-corrected chi connectivity index (χ0v) is 12.1. The Bertz CT molecular complexity index is 683. The number of likely N-dealkylation sites (N-methyl/N-ethyl adjacent to an activating group) is 1. The minimum Gasteiger partial charge on any atom is -0.368 e. The summed E-state index contributed by atoms with van der Waals surface area (Å²) in [4.78, 5) is 26.5. The number of carbonyl (C=O) groups is 1. The number of carbonyl (C=O) groups excluding carboxylic acids is 1. The first-order valence-corrected chi connectivity index (χ1v) is 6.77. The molecule has 1 atom stereocenters. The van der Waals surface area contributed by atoms with Crippen molar-refractivity contribution in [3.63, 3.8) is 0 Å². The van der Waals surface area contributed by atoms with E-state index in [1.807, 2.05) is 6.92 Å². The lowest BCUT2D eigenvalue weighted by Gasteiger charge is -2.13. The van der Waals surface area contributed by atoms with Crippen molar-refractivity contribution in [1.82, 2.24) is 10.3 Å². The first-order valence-electron chi connectivity index (χ1n) is 5.96. The number of hydrogen-bond donors (Lipinski definition) is 2. The second kappa shape index (κ2) is 5.41. The van der Waals surface area contributed by atoms with Gasteiger partial charge in [0.2, 0.25) is 5.91 Å². The largest absolute Gasteiger partial charge is 0.368 e. The van der Waals surface area contributed by atoms with E-state index in [0.717, 1.165) is 9.71 Å². The van der Waals surface area contributed by atoms with Crippen molar-refractivity contribution in [2.24, 2.45) is 0 Å². The number of nitrogens with one attached hydrogen (secondary N) is 2. The van der Waals surface area contributed by atoms with Gasteiger partial charge in [-0.2, -0.15) is 0 Å². The number of thiazole rings is 1. The summed E-state index contributed by atoms with van der Waals surface area (Å²) >= 11 is 1.40. The molecule has 0 aliphatic carbocycles. The van der Waals surface area contributed by atoms with Crippen LogP contribution in [0.15, 0.2) is 12.1 Å². The van der Waals surface area contributed by atoms with E-state index in [1.54, 1.807) is 13.0 Å². The number of nitro benzene ring substituents is 1. The molecule has 7 nitrogen and oxygen atoms in total. The normalized spacial score (nSPS) is 12.2. The van der Waals surface area contributed by atoms with Gasteiger partial charge in [0, 0.05) is 13.1 Å². The van der Waals surface area contributed by atoms with E-state index in [4.69, 9.17) is 0 Å². The zero-order chi connectivity index (χ0) is 14.9. The van der Waals surface area contributed by atoms with Crippen molar-refractivity contribution in [2.75, 3.05) is 12.4 Å². The third-order valence-corrected chi connectivity index (χ3v) is 3.75. The van der Waals surface area contributed by atoms with E-state index < -0.39 is 11.0 Å². The van der Waals surface area contributed by atoms with Crippen LogP contribution in [-0.2, 0) is 4.79 Å². The van der Waals surface area contributed by atoms with Crippen LogP contribution in [0.3, 0.4) is 0 Å². The topological polar surface area (TPSA) is 97.2 Å². The zero-order valence-electron chi connectivity index (χ0n) is 11.3. The summed E-state index contributed by atoms with van der Waals surface area (Å²) in [6.07, 6.45) is 0. The maximum absolute atomic E-state index is 11.5. The maximum Gasteiger partial charge on any atom is 0.293 e. The summed E-state index contributed by atoms with van der Waals surface area (Å²) < 4.78 is 0.757. The second-order valence-electron chi connectivity index (χ2n) is 4.31. The lowest BCUT2D eigenvalue weighted by molar-refractivity contribution is -0.383. The molecule has 106 valence electrons. The van der Waals surface area contributed by atoms with Crippen LogP contribution in [0.1, 0.15) is 11.9 Å². The molecule has 1 heterocycles. The average molecular weight is 294 g/mol. The van der Waals surface area contributed by atoms with E-state index in [9.17, 15) is 14.9 Å². The molecule has 1 amide bonds. The van der Waals surface area contributed by atoms with Crippen molar-refractivity contribution in [1.29, 1.82) is 0 Å². The number of nitro groups is 1. The molecule has 0 spiro atoms. The molecule has 0 fully saturated rings. The number of fused-ring (bicyclic) bond motifs is 1. The molecule has 2 rings (SSSR count). The van der Waals surface area contributed by atoms with Gasteiger partial charge >= 0.3 is 0 Å². The molecular formula is C12H14N4O3S. The number of anilines is 1. The molecule has 1 aromatic carbocycles. The number of aryl methyl sites for hydroxylation is 1. The number of nitrogens with zero attached hydrogens (tertiary/aromatic N) is 2. The highest BCUT2D eigenvalue weighted by atomic mass is 32.1. The van der Waals surface area contributed by atoms with Crippen molar-refractivity contribution < 1.29 is 9.72 Å². The van der Waals surface area contributed by atoms with Crippen molar-refractivity contribution in [3.05, 3.63) is 27.3 Å². The Hall–Kier alpha value is -2.22. The Morgan fingerprint density at radius 2 is 2.20 bits per heavy atom. The Labute approximate surface area is 119 Å². The van der Waals surface area contributed by atoms with E-state index in [-0.39, 0.29) is 11.6 Å². The maximum atomic E-state index is 11.5. The minimum atomic E-state index is -0.573. The van der Waals surface area contributed by atoms with Crippen molar-refractivity contribution in [2.45, 2.75) is 19.9 Å². The van der Waals surface area contributed by atoms with Crippen LogP contribution in [0.5, 0.6) is 0 Å². The van der Waals surface area contributed by atoms with E-state index >= 15 is 0 Å². The van der Waals surface area contributed by atoms with Crippen LogP contribution in [-0.4, -0.2) is 28.9 Å². The highest BCUT2D eigenvalue weighted by molar-refractivity contribution is 7.18. The van der Waals surface area contributed by atoms with E-state index in [0.29, 0.717) is 11.2 Å². The number of amides is 1. The third kappa shape index (κ3) is 2.69. The standard InChI is InChI=1S/C12H14N4O3S/c1-6(12(17)13-3)14-8-4-9-11(20-7(2)15-9)5-10(8)16(18)19/h4-6,14H,1-3H3,(H,13,17). The van der Waals surface area contributed by atoms with Gasteiger partial charge in [0.1, 0.15) is 11.7 Å². The smallest absolute Gasteiger partial charge is 0.293 e. The molecule has 0 bridgehead atoms. The minimum absolute atomic E-state index is 0.0584. The summed E-state index contributed by atoms with van der Waals surface area (Å²) in [5.74, 6) is -0.242. The van der Waals surface area contributed by atoms with E-state index in [1.165, 1.54) is 24.5 Å². The van der Waals surface area contributed by atoms with Gasteiger partial charge in [-0.3, -0.25) is 14.9 Å². The Morgan fingerprint density at radius 1 is 1.50 bits per heavy atom. The number of hydrogen-bond acceptors (Lipinski definition) is 6. The molecule has 8 heteroatoms. The summed E-state index contributed by atoms with van der Waals surface area (Å²) in [5.41, 5.74) is 0.922. The number of aromatic nitrogens is 1. The number of rotatable bonds is 4. The molecule has 0 aliphatic heterocycles. The molecule has 2 N–H and O–H groups in total. The second-order valence-corrected chi connectivity index (χ2v) is 5.54.